The predicted octanol–water partition coefficient (Wildman–Crippen LogP) is 2.38. The summed E-state index contributed by atoms with van der Waals surface area (Å²) in [5.74, 6) is 0. The van der Waals surface area contributed by atoms with E-state index in [4.69, 9.17) is 0 Å². The van der Waals surface area contributed by atoms with Crippen molar-refractivity contribution in [2.45, 2.75) is 26.2 Å². The Bertz CT molecular complexity index is 260. The molecular formula is C11H16N2. The third-order valence-electron chi connectivity index (χ3n) is 2.62. The smallest absolute Gasteiger partial charge is 0.0552 e. The molecule has 0 atom stereocenters. The molecule has 0 saturated carbocycles. The lowest BCUT2D eigenvalue weighted by Gasteiger charge is -2.28. The minimum absolute atomic E-state index is 1.10. The number of hydrogen-bond donors (Lipinski definition) is 0. The third-order valence-corrected chi connectivity index (χ3v) is 2.62. The fraction of sp³-hybridized carbons (Fsp3) is 0.545. The fourth-order valence-electron chi connectivity index (χ4n) is 1.80. The standard InChI is InChI=1S/C11H16N2/c1-10-5-6-11(9-12-10)13-7-3-2-4-8-13/h5-6,9H,2-4,7-8H2,1H3. The van der Waals surface area contributed by atoms with E-state index in [1.807, 2.05) is 13.1 Å². The van der Waals surface area contributed by atoms with Crippen LogP contribution in [0.25, 0.3) is 0 Å². The van der Waals surface area contributed by atoms with Crippen LogP contribution in [0.15, 0.2) is 18.3 Å². The molecule has 1 fully saturated rings. The first-order valence-electron chi connectivity index (χ1n) is 5.04. The molecule has 0 spiro atoms. The van der Waals surface area contributed by atoms with E-state index in [0.29, 0.717) is 0 Å². The minimum atomic E-state index is 1.10. The number of pyridine rings is 1. The molecule has 13 heavy (non-hydrogen) atoms. The van der Waals surface area contributed by atoms with Crippen LogP contribution in [0.1, 0.15) is 25.0 Å². The van der Waals surface area contributed by atoms with Gasteiger partial charge in [-0.25, -0.2) is 0 Å². The molecule has 0 radical (unpaired) electrons. The van der Waals surface area contributed by atoms with Crippen LogP contribution in [0.5, 0.6) is 0 Å². The Hall–Kier alpha value is -1.05. The molecular weight excluding hydrogens is 160 g/mol. The van der Waals surface area contributed by atoms with Gasteiger partial charge in [0.2, 0.25) is 0 Å². The zero-order valence-corrected chi connectivity index (χ0v) is 8.16. The predicted molar refractivity (Wildman–Crippen MR) is 55.0 cm³/mol. The first-order valence-corrected chi connectivity index (χ1v) is 5.04. The number of anilines is 1. The van der Waals surface area contributed by atoms with Gasteiger partial charge in [0.1, 0.15) is 0 Å². The Morgan fingerprint density at radius 2 is 1.92 bits per heavy atom. The Balaban J connectivity index is 2.10. The zero-order valence-electron chi connectivity index (χ0n) is 8.16. The van der Waals surface area contributed by atoms with Crippen LogP contribution in [0, 0.1) is 6.92 Å². The molecule has 2 nitrogen and oxygen atoms in total. The second-order valence-corrected chi connectivity index (χ2v) is 3.71. The third kappa shape index (κ3) is 2.00. The van der Waals surface area contributed by atoms with Gasteiger partial charge in [-0.1, -0.05) is 0 Å². The molecule has 0 amide bonds. The monoisotopic (exact) mass is 176 g/mol. The number of hydrogen-bond acceptors (Lipinski definition) is 2. The van der Waals surface area contributed by atoms with Crippen LogP contribution in [-0.4, -0.2) is 18.1 Å². The van der Waals surface area contributed by atoms with E-state index in [1.165, 1.54) is 38.0 Å². The van der Waals surface area contributed by atoms with Crippen molar-refractivity contribution >= 4 is 5.69 Å². The molecule has 2 rings (SSSR count). The van der Waals surface area contributed by atoms with Gasteiger partial charge in [0.15, 0.2) is 0 Å². The molecule has 1 aliphatic rings. The first kappa shape index (κ1) is 8.54. The number of nitrogens with zero attached hydrogens (tertiary/aromatic N) is 2. The number of piperidine rings is 1. The van der Waals surface area contributed by atoms with Crippen molar-refractivity contribution < 1.29 is 0 Å². The molecule has 0 unspecified atom stereocenters. The second kappa shape index (κ2) is 3.77. The first-order chi connectivity index (χ1) is 6.36. The highest BCUT2D eigenvalue weighted by Gasteiger charge is 2.10. The van der Waals surface area contributed by atoms with Gasteiger partial charge in [-0.05, 0) is 38.3 Å². The van der Waals surface area contributed by atoms with Gasteiger partial charge in [0, 0.05) is 18.8 Å². The summed E-state index contributed by atoms with van der Waals surface area (Å²) in [5.41, 5.74) is 2.38. The Morgan fingerprint density at radius 1 is 1.15 bits per heavy atom. The zero-order chi connectivity index (χ0) is 9.10. The Labute approximate surface area is 79.6 Å². The van der Waals surface area contributed by atoms with E-state index < -0.39 is 0 Å². The summed E-state index contributed by atoms with van der Waals surface area (Å²) in [6, 6.07) is 4.26. The molecule has 2 heteroatoms. The molecule has 0 aliphatic carbocycles. The summed E-state index contributed by atoms with van der Waals surface area (Å²) in [5, 5.41) is 0. The lowest BCUT2D eigenvalue weighted by molar-refractivity contribution is 0.577. The molecule has 1 aromatic heterocycles. The van der Waals surface area contributed by atoms with Crippen molar-refractivity contribution in [2.24, 2.45) is 0 Å². The van der Waals surface area contributed by atoms with Crippen molar-refractivity contribution in [3.8, 4) is 0 Å². The molecule has 1 aliphatic heterocycles. The van der Waals surface area contributed by atoms with Crippen molar-refractivity contribution in [2.75, 3.05) is 18.0 Å². The van der Waals surface area contributed by atoms with Crippen LogP contribution >= 0.6 is 0 Å². The van der Waals surface area contributed by atoms with Crippen LogP contribution in [0.2, 0.25) is 0 Å². The maximum Gasteiger partial charge on any atom is 0.0552 e. The van der Waals surface area contributed by atoms with Gasteiger partial charge in [-0.3, -0.25) is 4.98 Å². The van der Waals surface area contributed by atoms with Gasteiger partial charge >= 0.3 is 0 Å². The molecule has 0 bridgehead atoms. The lowest BCUT2D eigenvalue weighted by Crippen LogP contribution is -2.29. The molecule has 70 valence electrons. The summed E-state index contributed by atoms with van der Waals surface area (Å²) in [6.07, 6.45) is 6.03. The lowest BCUT2D eigenvalue weighted by atomic mass is 10.1. The second-order valence-electron chi connectivity index (χ2n) is 3.71. The van der Waals surface area contributed by atoms with Gasteiger partial charge in [0.05, 0.1) is 11.9 Å². The quantitative estimate of drug-likeness (QED) is 0.653. The highest BCUT2D eigenvalue weighted by Crippen LogP contribution is 2.18. The number of aryl methyl sites for hydroxylation is 1. The van der Waals surface area contributed by atoms with Crippen LogP contribution in [0.4, 0.5) is 5.69 Å². The van der Waals surface area contributed by atoms with E-state index in [-0.39, 0.29) is 0 Å². The van der Waals surface area contributed by atoms with Crippen molar-refractivity contribution in [3.05, 3.63) is 24.0 Å². The van der Waals surface area contributed by atoms with E-state index in [9.17, 15) is 0 Å². The average molecular weight is 176 g/mol. The Morgan fingerprint density at radius 3 is 2.54 bits per heavy atom. The van der Waals surface area contributed by atoms with Crippen molar-refractivity contribution in [3.63, 3.8) is 0 Å². The molecule has 0 aromatic carbocycles. The summed E-state index contributed by atoms with van der Waals surface area (Å²) in [6.45, 7) is 4.43. The summed E-state index contributed by atoms with van der Waals surface area (Å²) < 4.78 is 0. The SMILES string of the molecule is Cc1ccc(N2CCCCC2)cn1. The average Bonchev–Trinajstić information content (AvgIpc) is 2.20. The van der Waals surface area contributed by atoms with E-state index in [2.05, 4.69) is 22.0 Å². The van der Waals surface area contributed by atoms with E-state index >= 15 is 0 Å². The molecule has 2 heterocycles. The molecule has 1 aromatic rings. The summed E-state index contributed by atoms with van der Waals surface area (Å²) in [4.78, 5) is 6.74. The summed E-state index contributed by atoms with van der Waals surface area (Å²) >= 11 is 0. The number of aromatic nitrogens is 1. The van der Waals surface area contributed by atoms with Crippen LogP contribution < -0.4 is 4.90 Å². The maximum absolute atomic E-state index is 4.31. The number of rotatable bonds is 1. The largest absolute Gasteiger partial charge is 0.370 e. The van der Waals surface area contributed by atoms with Gasteiger partial charge < -0.3 is 4.90 Å². The van der Waals surface area contributed by atoms with Gasteiger partial charge in [0.25, 0.3) is 0 Å². The van der Waals surface area contributed by atoms with Crippen LogP contribution in [-0.2, 0) is 0 Å². The van der Waals surface area contributed by atoms with Gasteiger partial charge in [-0.2, -0.15) is 0 Å². The fourth-order valence-corrected chi connectivity index (χ4v) is 1.80. The highest BCUT2D eigenvalue weighted by atomic mass is 15.1. The van der Waals surface area contributed by atoms with Crippen molar-refractivity contribution in [1.29, 1.82) is 0 Å². The normalized spacial score (nSPS) is 17.5. The van der Waals surface area contributed by atoms with Crippen LogP contribution in [0.3, 0.4) is 0 Å². The Kier molecular flexibility index (Phi) is 2.48. The molecule has 0 N–H and O–H groups in total. The molecule has 1 saturated heterocycles. The van der Waals surface area contributed by atoms with E-state index in [0.717, 1.165) is 5.69 Å². The highest BCUT2D eigenvalue weighted by molar-refractivity contribution is 5.44. The van der Waals surface area contributed by atoms with Gasteiger partial charge in [-0.15, -0.1) is 0 Å². The van der Waals surface area contributed by atoms with Crippen molar-refractivity contribution in [1.82, 2.24) is 4.98 Å². The summed E-state index contributed by atoms with van der Waals surface area (Å²) in [7, 11) is 0. The minimum Gasteiger partial charge on any atom is -0.370 e. The van der Waals surface area contributed by atoms with E-state index in [1.54, 1.807) is 0 Å². The topological polar surface area (TPSA) is 16.1 Å². The maximum atomic E-state index is 4.31.